The number of carbonyl (C=O) groups is 2. The van der Waals surface area contributed by atoms with Gasteiger partial charge >= 0.3 is 5.97 Å². The number of carbonyl (C=O) groups excluding carboxylic acids is 1. The van der Waals surface area contributed by atoms with Crippen LogP contribution in [-0.2, 0) is 4.79 Å². The van der Waals surface area contributed by atoms with Gasteiger partial charge in [-0.2, -0.15) is 0 Å². The summed E-state index contributed by atoms with van der Waals surface area (Å²) in [4.78, 5) is 26.8. The van der Waals surface area contributed by atoms with Gasteiger partial charge in [0.2, 0.25) is 0 Å². The predicted octanol–water partition coefficient (Wildman–Crippen LogP) is 3.97. The standard InChI is InChI=1S/C17H16ClNO4S/c1-8-3-10(7-24-8)17(23)19-9(2)11(5-16(21)22)12-4-15(20)13(18)6-14(12)19/h3-4,7,14,20H,5-6H2,1-2H3,(H,21,22). The van der Waals surface area contributed by atoms with E-state index >= 15 is 0 Å². The monoisotopic (exact) mass is 365 g/mol. The molecule has 1 unspecified atom stereocenters. The SMILES string of the molecule is CC1=C(CC(=O)O)C2=CC(O)=C(Cl)CC2N1C(=O)c1csc(C)c1. The van der Waals surface area contributed by atoms with Crippen molar-refractivity contribution in [3.8, 4) is 0 Å². The van der Waals surface area contributed by atoms with E-state index in [1.807, 2.05) is 13.0 Å². The average molecular weight is 366 g/mol. The van der Waals surface area contributed by atoms with Crippen molar-refractivity contribution in [2.24, 2.45) is 0 Å². The van der Waals surface area contributed by atoms with Gasteiger partial charge in [0.05, 0.1) is 23.1 Å². The van der Waals surface area contributed by atoms with Crippen LogP contribution in [0.15, 0.2) is 45.2 Å². The van der Waals surface area contributed by atoms with E-state index in [2.05, 4.69) is 0 Å². The molecule has 1 atom stereocenters. The summed E-state index contributed by atoms with van der Waals surface area (Å²) < 4.78 is 0. The highest BCUT2D eigenvalue weighted by Gasteiger charge is 2.41. The Morgan fingerprint density at radius 1 is 1.42 bits per heavy atom. The van der Waals surface area contributed by atoms with E-state index in [0.29, 0.717) is 22.4 Å². The van der Waals surface area contributed by atoms with Crippen molar-refractivity contribution in [2.45, 2.75) is 32.7 Å². The van der Waals surface area contributed by atoms with Crippen LogP contribution in [0.4, 0.5) is 0 Å². The zero-order chi connectivity index (χ0) is 17.6. The number of rotatable bonds is 3. The number of thiophene rings is 1. The van der Waals surface area contributed by atoms with Crippen LogP contribution in [0.3, 0.4) is 0 Å². The van der Waals surface area contributed by atoms with Gasteiger partial charge in [0.15, 0.2) is 0 Å². The number of carboxylic acids is 1. The van der Waals surface area contributed by atoms with Gasteiger partial charge in [0, 0.05) is 22.4 Å². The second-order valence-electron chi connectivity index (χ2n) is 5.87. The van der Waals surface area contributed by atoms with Gasteiger partial charge in [0.1, 0.15) is 5.76 Å². The van der Waals surface area contributed by atoms with Crippen LogP contribution < -0.4 is 0 Å². The Hall–Kier alpha value is -2.05. The molecule has 0 bridgehead atoms. The number of hydrogen-bond donors (Lipinski definition) is 2. The number of halogens is 1. The Morgan fingerprint density at radius 3 is 2.71 bits per heavy atom. The van der Waals surface area contributed by atoms with Crippen LogP contribution >= 0.6 is 22.9 Å². The lowest BCUT2D eigenvalue weighted by Crippen LogP contribution is -2.37. The van der Waals surface area contributed by atoms with E-state index < -0.39 is 5.97 Å². The van der Waals surface area contributed by atoms with Crippen LogP contribution in [0, 0.1) is 6.92 Å². The minimum absolute atomic E-state index is 0.0701. The number of aryl methyl sites for hydroxylation is 1. The van der Waals surface area contributed by atoms with Crippen molar-refractivity contribution in [1.82, 2.24) is 4.90 Å². The van der Waals surface area contributed by atoms with Crippen LogP contribution in [0.5, 0.6) is 0 Å². The van der Waals surface area contributed by atoms with Crippen molar-refractivity contribution in [2.75, 3.05) is 0 Å². The fourth-order valence-electron chi connectivity index (χ4n) is 3.18. The number of nitrogens with zero attached hydrogens (tertiary/aromatic N) is 1. The van der Waals surface area contributed by atoms with Gasteiger partial charge in [-0.15, -0.1) is 11.3 Å². The summed E-state index contributed by atoms with van der Waals surface area (Å²) >= 11 is 7.56. The zero-order valence-corrected chi connectivity index (χ0v) is 14.7. The maximum atomic E-state index is 12.9. The number of aliphatic carboxylic acids is 1. The number of carboxylic acid groups (broad SMARTS) is 1. The number of allylic oxidation sites excluding steroid dienone is 2. The highest BCUT2D eigenvalue weighted by molar-refractivity contribution is 7.10. The molecule has 2 N–H and O–H groups in total. The molecule has 0 saturated heterocycles. The van der Waals surface area contributed by atoms with E-state index in [4.69, 9.17) is 11.6 Å². The third kappa shape index (κ3) is 2.76. The number of fused-ring (bicyclic) bond motifs is 1. The molecule has 2 aliphatic rings. The maximum Gasteiger partial charge on any atom is 0.307 e. The van der Waals surface area contributed by atoms with Crippen molar-refractivity contribution in [3.63, 3.8) is 0 Å². The molecule has 1 amide bonds. The first-order valence-electron chi connectivity index (χ1n) is 7.39. The summed E-state index contributed by atoms with van der Waals surface area (Å²) in [5, 5.41) is 21.2. The summed E-state index contributed by atoms with van der Waals surface area (Å²) in [5.41, 5.74) is 2.38. The Labute approximate surface area is 148 Å². The lowest BCUT2D eigenvalue weighted by molar-refractivity contribution is -0.136. The number of hydrogen-bond acceptors (Lipinski definition) is 4. The number of amides is 1. The topological polar surface area (TPSA) is 77.8 Å². The molecule has 5 nitrogen and oxygen atoms in total. The summed E-state index contributed by atoms with van der Waals surface area (Å²) in [5.74, 6) is -1.23. The van der Waals surface area contributed by atoms with E-state index in [1.54, 1.807) is 17.2 Å². The first-order valence-corrected chi connectivity index (χ1v) is 8.65. The quantitative estimate of drug-likeness (QED) is 0.849. The van der Waals surface area contributed by atoms with Crippen LogP contribution in [0.25, 0.3) is 0 Å². The molecule has 1 aliphatic carbocycles. The maximum absolute atomic E-state index is 12.9. The molecule has 1 aliphatic heterocycles. The largest absolute Gasteiger partial charge is 0.507 e. The fourth-order valence-corrected chi connectivity index (χ4v) is 4.06. The number of aliphatic hydroxyl groups excluding tert-OH is 1. The lowest BCUT2D eigenvalue weighted by Gasteiger charge is -2.29. The molecule has 1 aromatic heterocycles. The molecule has 0 fully saturated rings. The smallest absolute Gasteiger partial charge is 0.307 e. The van der Waals surface area contributed by atoms with Crippen molar-refractivity contribution in [1.29, 1.82) is 0 Å². The van der Waals surface area contributed by atoms with Gasteiger partial charge in [-0.1, -0.05) is 11.6 Å². The number of aliphatic hydroxyl groups is 1. The van der Waals surface area contributed by atoms with Crippen LogP contribution in [-0.4, -0.2) is 33.0 Å². The minimum Gasteiger partial charge on any atom is -0.507 e. The molecule has 1 aromatic rings. The molecular weight excluding hydrogens is 350 g/mol. The first-order chi connectivity index (χ1) is 11.3. The Bertz CT molecular complexity index is 833. The highest BCUT2D eigenvalue weighted by Crippen LogP contribution is 2.43. The Balaban J connectivity index is 2.06. The first kappa shape index (κ1) is 16.8. The van der Waals surface area contributed by atoms with E-state index in [-0.39, 0.29) is 35.6 Å². The summed E-state index contributed by atoms with van der Waals surface area (Å²) in [6.45, 7) is 3.66. The molecule has 126 valence electrons. The molecule has 0 spiro atoms. The third-order valence-corrected chi connectivity index (χ3v) is 5.49. The molecule has 0 radical (unpaired) electrons. The van der Waals surface area contributed by atoms with Gasteiger partial charge in [-0.25, -0.2) is 0 Å². The molecule has 3 rings (SSSR count). The van der Waals surface area contributed by atoms with Crippen LogP contribution in [0.1, 0.15) is 35.0 Å². The average Bonchev–Trinajstić information content (AvgIpc) is 3.03. The zero-order valence-electron chi connectivity index (χ0n) is 13.2. The minimum atomic E-state index is -0.982. The highest BCUT2D eigenvalue weighted by atomic mass is 35.5. The Kier molecular flexibility index (Phi) is 4.27. The van der Waals surface area contributed by atoms with Crippen LogP contribution in [0.2, 0.25) is 0 Å². The molecule has 7 heteroatoms. The summed E-state index contributed by atoms with van der Waals surface area (Å²) in [7, 11) is 0. The molecule has 2 heterocycles. The normalized spacial score (nSPS) is 20.4. The lowest BCUT2D eigenvalue weighted by atomic mass is 9.92. The van der Waals surface area contributed by atoms with Gasteiger partial charge in [-0.3, -0.25) is 9.59 Å². The second-order valence-corrected chi connectivity index (χ2v) is 7.44. The van der Waals surface area contributed by atoms with E-state index in [1.165, 1.54) is 17.4 Å². The molecule has 24 heavy (non-hydrogen) atoms. The molecule has 0 aromatic carbocycles. The van der Waals surface area contributed by atoms with Crippen molar-refractivity contribution >= 4 is 34.8 Å². The third-order valence-electron chi connectivity index (χ3n) is 4.28. The van der Waals surface area contributed by atoms with Crippen molar-refractivity contribution in [3.05, 3.63) is 55.6 Å². The predicted molar refractivity (Wildman–Crippen MR) is 92.2 cm³/mol. The van der Waals surface area contributed by atoms with E-state index in [0.717, 1.165) is 4.88 Å². The summed E-state index contributed by atoms with van der Waals surface area (Å²) in [6, 6.07) is 1.44. The van der Waals surface area contributed by atoms with Gasteiger partial charge in [0.25, 0.3) is 5.91 Å². The molecule has 0 saturated carbocycles. The van der Waals surface area contributed by atoms with Gasteiger partial charge in [-0.05, 0) is 37.1 Å². The van der Waals surface area contributed by atoms with E-state index in [9.17, 15) is 19.8 Å². The fraction of sp³-hybridized carbons (Fsp3) is 0.294. The Morgan fingerprint density at radius 2 is 2.12 bits per heavy atom. The summed E-state index contributed by atoms with van der Waals surface area (Å²) in [6.07, 6.45) is 1.55. The molecular formula is C17H16ClNO4S. The van der Waals surface area contributed by atoms with Crippen molar-refractivity contribution < 1.29 is 19.8 Å². The van der Waals surface area contributed by atoms with Gasteiger partial charge < -0.3 is 15.1 Å². The second kappa shape index (κ2) is 6.11.